The summed E-state index contributed by atoms with van der Waals surface area (Å²) in [6.45, 7) is 5.05. The quantitative estimate of drug-likeness (QED) is 0.503. The third kappa shape index (κ3) is 10.6. The van der Waals surface area contributed by atoms with Crippen LogP contribution in [0.15, 0.2) is 0 Å². The Labute approximate surface area is 123 Å². The van der Waals surface area contributed by atoms with Gasteiger partial charge in [-0.3, -0.25) is 0 Å². The molecule has 0 unspecified atom stereocenters. The van der Waals surface area contributed by atoms with E-state index in [1.807, 2.05) is 0 Å². The summed E-state index contributed by atoms with van der Waals surface area (Å²) in [6, 6.07) is 0. The standard InChI is InChI=1S/C12H29N3O2S2/c1-4-8-13-9-7-11-15(2)19(16,17)14-10-5-6-12-18-3/h13-14H,4-12H2,1-3H3. The molecule has 5 nitrogen and oxygen atoms in total. The maximum atomic E-state index is 11.9. The summed E-state index contributed by atoms with van der Waals surface area (Å²) >= 11 is 1.79. The predicted octanol–water partition coefficient (Wildman–Crippen LogP) is 1.29. The van der Waals surface area contributed by atoms with E-state index in [1.165, 1.54) is 4.31 Å². The normalized spacial score (nSPS) is 12.2. The zero-order valence-corrected chi connectivity index (χ0v) is 14.1. The lowest BCUT2D eigenvalue weighted by molar-refractivity contribution is 0.444. The van der Waals surface area contributed by atoms with Crippen molar-refractivity contribution in [2.75, 3.05) is 45.2 Å². The molecule has 0 aliphatic rings. The van der Waals surface area contributed by atoms with Crippen LogP contribution in [0.2, 0.25) is 0 Å². The minimum atomic E-state index is -3.29. The molecule has 7 heteroatoms. The van der Waals surface area contributed by atoms with Crippen LogP contribution >= 0.6 is 11.8 Å². The molecule has 0 spiro atoms. The summed E-state index contributed by atoms with van der Waals surface area (Å²) in [6.07, 6.45) is 5.94. The Morgan fingerprint density at radius 2 is 1.84 bits per heavy atom. The molecule has 0 aromatic rings. The molecule has 0 radical (unpaired) electrons. The average molecular weight is 312 g/mol. The molecule has 19 heavy (non-hydrogen) atoms. The minimum absolute atomic E-state index is 0.529. The zero-order chi connectivity index (χ0) is 14.6. The molecular weight excluding hydrogens is 282 g/mol. The molecule has 0 atom stereocenters. The van der Waals surface area contributed by atoms with Crippen molar-refractivity contribution in [3.63, 3.8) is 0 Å². The highest BCUT2D eigenvalue weighted by atomic mass is 32.2. The van der Waals surface area contributed by atoms with E-state index < -0.39 is 10.2 Å². The van der Waals surface area contributed by atoms with Crippen molar-refractivity contribution in [1.82, 2.24) is 14.3 Å². The SMILES string of the molecule is CCCNCCCN(C)S(=O)(=O)NCCCCSC. The van der Waals surface area contributed by atoms with Crippen LogP contribution in [0.25, 0.3) is 0 Å². The van der Waals surface area contributed by atoms with Gasteiger partial charge < -0.3 is 5.32 Å². The van der Waals surface area contributed by atoms with E-state index in [-0.39, 0.29) is 0 Å². The first-order valence-corrected chi connectivity index (χ1v) is 9.78. The van der Waals surface area contributed by atoms with Crippen molar-refractivity contribution < 1.29 is 8.42 Å². The molecule has 116 valence electrons. The van der Waals surface area contributed by atoms with Crippen LogP contribution in [0.1, 0.15) is 32.6 Å². The average Bonchev–Trinajstić information content (AvgIpc) is 2.38. The van der Waals surface area contributed by atoms with Crippen LogP contribution in [0.3, 0.4) is 0 Å². The van der Waals surface area contributed by atoms with Gasteiger partial charge in [0.25, 0.3) is 10.2 Å². The number of unbranched alkanes of at least 4 members (excludes halogenated alkanes) is 1. The van der Waals surface area contributed by atoms with Crippen molar-refractivity contribution in [1.29, 1.82) is 0 Å². The van der Waals surface area contributed by atoms with E-state index in [0.29, 0.717) is 13.1 Å². The number of nitrogens with zero attached hydrogens (tertiary/aromatic N) is 1. The zero-order valence-electron chi connectivity index (χ0n) is 12.4. The van der Waals surface area contributed by atoms with Crippen LogP contribution in [-0.2, 0) is 10.2 Å². The molecule has 0 rings (SSSR count). The molecule has 0 heterocycles. The summed E-state index contributed by atoms with van der Waals surface area (Å²) in [5, 5.41) is 3.26. The Hall–Kier alpha value is 0.180. The fourth-order valence-electron chi connectivity index (χ4n) is 1.53. The van der Waals surface area contributed by atoms with Gasteiger partial charge in [0, 0.05) is 20.1 Å². The monoisotopic (exact) mass is 311 g/mol. The molecule has 2 N–H and O–H groups in total. The van der Waals surface area contributed by atoms with E-state index in [4.69, 9.17) is 0 Å². The smallest absolute Gasteiger partial charge is 0.279 e. The van der Waals surface area contributed by atoms with Gasteiger partial charge in [-0.2, -0.15) is 24.5 Å². The van der Waals surface area contributed by atoms with Gasteiger partial charge in [0.05, 0.1) is 0 Å². The van der Waals surface area contributed by atoms with Gasteiger partial charge >= 0.3 is 0 Å². The topological polar surface area (TPSA) is 61.4 Å². The van der Waals surface area contributed by atoms with E-state index in [2.05, 4.69) is 23.2 Å². The number of nitrogens with one attached hydrogen (secondary N) is 2. The van der Waals surface area contributed by atoms with Crippen molar-refractivity contribution in [2.24, 2.45) is 0 Å². The second kappa shape index (κ2) is 12.0. The van der Waals surface area contributed by atoms with Crippen molar-refractivity contribution in [3.8, 4) is 0 Å². The number of hydrogen-bond acceptors (Lipinski definition) is 4. The second-order valence-corrected chi connectivity index (χ2v) is 7.37. The molecule has 0 aliphatic carbocycles. The predicted molar refractivity (Wildman–Crippen MR) is 84.9 cm³/mol. The Morgan fingerprint density at radius 3 is 2.47 bits per heavy atom. The van der Waals surface area contributed by atoms with E-state index >= 15 is 0 Å². The highest BCUT2D eigenvalue weighted by Crippen LogP contribution is 2.00. The van der Waals surface area contributed by atoms with E-state index in [9.17, 15) is 8.42 Å². The molecule has 0 amide bonds. The van der Waals surface area contributed by atoms with Crippen LogP contribution in [0.5, 0.6) is 0 Å². The molecule has 0 bridgehead atoms. The summed E-state index contributed by atoms with van der Waals surface area (Å²) in [5.41, 5.74) is 0. The Balaban J connectivity index is 3.72. The van der Waals surface area contributed by atoms with Crippen LogP contribution in [0.4, 0.5) is 0 Å². The highest BCUT2D eigenvalue weighted by Gasteiger charge is 2.15. The lowest BCUT2D eigenvalue weighted by atomic mass is 10.3. The third-order valence-electron chi connectivity index (χ3n) is 2.72. The Kier molecular flexibility index (Phi) is 12.1. The summed E-state index contributed by atoms with van der Waals surface area (Å²) < 4.78 is 27.8. The number of thioether (sulfide) groups is 1. The largest absolute Gasteiger partial charge is 0.317 e. The summed E-state index contributed by atoms with van der Waals surface area (Å²) in [7, 11) is -1.66. The lowest BCUT2D eigenvalue weighted by Crippen LogP contribution is -2.39. The van der Waals surface area contributed by atoms with Gasteiger partial charge in [-0.05, 0) is 50.8 Å². The van der Waals surface area contributed by atoms with Gasteiger partial charge in [-0.1, -0.05) is 6.92 Å². The molecule has 0 aliphatic heterocycles. The van der Waals surface area contributed by atoms with E-state index in [0.717, 1.165) is 44.5 Å². The Morgan fingerprint density at radius 1 is 1.11 bits per heavy atom. The molecular formula is C12H29N3O2S2. The van der Waals surface area contributed by atoms with Crippen LogP contribution < -0.4 is 10.0 Å². The first-order valence-electron chi connectivity index (χ1n) is 6.95. The molecule has 0 fully saturated rings. The summed E-state index contributed by atoms with van der Waals surface area (Å²) in [5.74, 6) is 1.08. The highest BCUT2D eigenvalue weighted by molar-refractivity contribution is 7.98. The fourth-order valence-corrected chi connectivity index (χ4v) is 3.02. The molecule has 0 saturated heterocycles. The maximum absolute atomic E-state index is 11.9. The van der Waals surface area contributed by atoms with Crippen LogP contribution in [0, 0.1) is 0 Å². The van der Waals surface area contributed by atoms with Gasteiger partial charge in [-0.25, -0.2) is 4.72 Å². The van der Waals surface area contributed by atoms with Gasteiger partial charge in [-0.15, -0.1) is 0 Å². The van der Waals surface area contributed by atoms with Crippen molar-refractivity contribution in [3.05, 3.63) is 0 Å². The lowest BCUT2D eigenvalue weighted by Gasteiger charge is -2.17. The molecule has 0 saturated carbocycles. The Bertz CT molecular complexity index is 297. The molecule has 0 aromatic carbocycles. The molecule has 0 aromatic heterocycles. The van der Waals surface area contributed by atoms with E-state index in [1.54, 1.807) is 18.8 Å². The maximum Gasteiger partial charge on any atom is 0.279 e. The van der Waals surface area contributed by atoms with Crippen molar-refractivity contribution in [2.45, 2.75) is 32.6 Å². The fraction of sp³-hybridized carbons (Fsp3) is 1.00. The first-order chi connectivity index (χ1) is 9.04. The van der Waals surface area contributed by atoms with Gasteiger partial charge in [0.15, 0.2) is 0 Å². The van der Waals surface area contributed by atoms with Gasteiger partial charge in [0.2, 0.25) is 0 Å². The number of hydrogen-bond donors (Lipinski definition) is 2. The van der Waals surface area contributed by atoms with Crippen LogP contribution in [-0.4, -0.2) is 58.0 Å². The minimum Gasteiger partial charge on any atom is -0.317 e. The number of rotatable bonds is 13. The first kappa shape index (κ1) is 19.2. The van der Waals surface area contributed by atoms with Gasteiger partial charge in [0.1, 0.15) is 0 Å². The summed E-state index contributed by atoms with van der Waals surface area (Å²) in [4.78, 5) is 0. The third-order valence-corrected chi connectivity index (χ3v) is 4.99. The second-order valence-electron chi connectivity index (χ2n) is 4.52. The van der Waals surface area contributed by atoms with Crippen molar-refractivity contribution >= 4 is 22.0 Å².